The Morgan fingerprint density at radius 3 is 2.70 bits per heavy atom. The SMILES string of the molecule is COc1ccc2nc(N(CC[NH+](C)C)C(=O)Cc3cccc4ccccc34)sc2c1. The Morgan fingerprint density at radius 2 is 1.90 bits per heavy atom. The summed E-state index contributed by atoms with van der Waals surface area (Å²) >= 11 is 1.53. The van der Waals surface area contributed by atoms with Gasteiger partial charge in [-0.3, -0.25) is 9.69 Å². The van der Waals surface area contributed by atoms with Crippen molar-refractivity contribution >= 4 is 43.4 Å². The Morgan fingerprint density at radius 1 is 1.10 bits per heavy atom. The highest BCUT2D eigenvalue weighted by molar-refractivity contribution is 7.22. The first-order valence-corrected chi connectivity index (χ1v) is 10.9. The number of fused-ring (bicyclic) bond motifs is 2. The number of ether oxygens (including phenoxy) is 1. The first kappa shape index (κ1) is 20.3. The van der Waals surface area contributed by atoms with Crippen molar-refractivity contribution in [2.24, 2.45) is 0 Å². The zero-order valence-corrected chi connectivity index (χ0v) is 18.3. The number of amides is 1. The number of rotatable bonds is 7. The summed E-state index contributed by atoms with van der Waals surface area (Å²) in [4.78, 5) is 21.3. The molecule has 154 valence electrons. The highest BCUT2D eigenvalue weighted by Crippen LogP contribution is 2.32. The molecule has 0 radical (unpaired) electrons. The molecule has 0 saturated carbocycles. The Hall–Kier alpha value is -2.96. The lowest BCUT2D eigenvalue weighted by Gasteiger charge is -2.21. The van der Waals surface area contributed by atoms with E-state index in [2.05, 4.69) is 32.3 Å². The first-order chi connectivity index (χ1) is 14.5. The van der Waals surface area contributed by atoms with Crippen LogP contribution in [0.15, 0.2) is 60.7 Å². The fraction of sp³-hybridized carbons (Fsp3) is 0.250. The highest BCUT2D eigenvalue weighted by Gasteiger charge is 2.22. The first-order valence-electron chi connectivity index (χ1n) is 10.1. The number of benzene rings is 3. The number of likely N-dealkylation sites (N-methyl/N-ethyl adjacent to an activating group) is 1. The maximum atomic E-state index is 13.4. The smallest absolute Gasteiger partial charge is 0.233 e. The average Bonchev–Trinajstić information content (AvgIpc) is 3.16. The number of hydrogen-bond donors (Lipinski definition) is 1. The standard InChI is InChI=1S/C24H25N3O2S/c1-26(2)13-14-27(24-25-21-12-11-19(29-3)16-22(21)30-24)23(28)15-18-9-6-8-17-7-4-5-10-20(17)18/h4-12,16H,13-15H2,1-3H3/p+1. The summed E-state index contributed by atoms with van der Waals surface area (Å²) in [6.07, 6.45) is 0.351. The number of hydrogen-bond acceptors (Lipinski definition) is 4. The fourth-order valence-electron chi connectivity index (χ4n) is 3.50. The predicted molar refractivity (Wildman–Crippen MR) is 124 cm³/mol. The highest BCUT2D eigenvalue weighted by atomic mass is 32.1. The minimum atomic E-state index is 0.0682. The van der Waals surface area contributed by atoms with Gasteiger partial charge in [-0.05, 0) is 34.5 Å². The van der Waals surface area contributed by atoms with Crippen LogP contribution in [0, 0.1) is 0 Å². The van der Waals surface area contributed by atoms with Gasteiger partial charge in [0.2, 0.25) is 5.91 Å². The molecule has 1 heterocycles. The minimum Gasteiger partial charge on any atom is -0.497 e. The molecule has 1 N–H and O–H groups in total. The van der Waals surface area contributed by atoms with Gasteiger partial charge in [0, 0.05) is 0 Å². The van der Waals surface area contributed by atoms with Gasteiger partial charge in [0.25, 0.3) is 0 Å². The van der Waals surface area contributed by atoms with Crippen molar-refractivity contribution in [3.05, 3.63) is 66.2 Å². The van der Waals surface area contributed by atoms with E-state index < -0.39 is 0 Å². The van der Waals surface area contributed by atoms with Crippen molar-refractivity contribution in [1.29, 1.82) is 0 Å². The minimum absolute atomic E-state index is 0.0682. The molecular formula is C24H26N3O2S+. The number of nitrogens with zero attached hydrogens (tertiary/aromatic N) is 2. The van der Waals surface area contributed by atoms with Crippen LogP contribution in [-0.2, 0) is 11.2 Å². The molecule has 5 nitrogen and oxygen atoms in total. The molecule has 3 aromatic carbocycles. The number of carbonyl (C=O) groups is 1. The summed E-state index contributed by atoms with van der Waals surface area (Å²) in [5, 5.41) is 3.02. The Balaban J connectivity index is 1.67. The van der Waals surface area contributed by atoms with Crippen molar-refractivity contribution in [1.82, 2.24) is 4.98 Å². The zero-order valence-electron chi connectivity index (χ0n) is 17.5. The zero-order chi connectivity index (χ0) is 21.1. The molecule has 1 aromatic heterocycles. The third kappa shape index (κ3) is 4.30. The molecule has 0 unspecified atom stereocenters. The lowest BCUT2D eigenvalue weighted by molar-refractivity contribution is -0.856. The average molecular weight is 421 g/mol. The predicted octanol–water partition coefficient (Wildman–Crippen LogP) is 3.18. The molecule has 0 aliphatic carbocycles. The van der Waals surface area contributed by atoms with E-state index in [1.165, 1.54) is 16.2 Å². The molecule has 0 spiro atoms. The molecule has 30 heavy (non-hydrogen) atoms. The van der Waals surface area contributed by atoms with Gasteiger partial charge in [0.1, 0.15) is 5.75 Å². The van der Waals surface area contributed by atoms with Gasteiger partial charge >= 0.3 is 0 Å². The number of aromatic nitrogens is 1. The molecule has 4 aromatic rings. The molecule has 6 heteroatoms. The van der Waals surface area contributed by atoms with Crippen LogP contribution in [-0.4, -0.2) is 45.2 Å². The number of quaternary nitrogens is 1. The Labute approximate surface area is 180 Å². The monoisotopic (exact) mass is 420 g/mol. The molecule has 0 bridgehead atoms. The van der Waals surface area contributed by atoms with Gasteiger partial charge in [-0.15, -0.1) is 0 Å². The van der Waals surface area contributed by atoms with Crippen molar-refractivity contribution in [2.45, 2.75) is 6.42 Å². The van der Waals surface area contributed by atoms with E-state index >= 15 is 0 Å². The summed E-state index contributed by atoms with van der Waals surface area (Å²) in [7, 11) is 5.84. The number of carbonyl (C=O) groups excluding carboxylic acids is 1. The number of anilines is 1. The third-order valence-electron chi connectivity index (χ3n) is 5.17. The van der Waals surface area contributed by atoms with E-state index in [0.717, 1.165) is 44.0 Å². The lowest BCUT2D eigenvalue weighted by atomic mass is 10.0. The normalized spacial score (nSPS) is 11.3. The van der Waals surface area contributed by atoms with Crippen LogP contribution in [0.3, 0.4) is 0 Å². The Bertz CT molecular complexity index is 1180. The summed E-state index contributed by atoms with van der Waals surface area (Å²) in [5.74, 6) is 0.864. The van der Waals surface area contributed by atoms with Crippen LogP contribution in [0.2, 0.25) is 0 Å². The van der Waals surface area contributed by atoms with Crippen LogP contribution in [0.25, 0.3) is 21.0 Å². The second-order valence-corrected chi connectivity index (χ2v) is 8.66. The van der Waals surface area contributed by atoms with E-state index in [9.17, 15) is 4.79 Å². The van der Waals surface area contributed by atoms with Gasteiger partial charge in [-0.1, -0.05) is 53.8 Å². The number of nitrogens with one attached hydrogen (secondary N) is 1. The van der Waals surface area contributed by atoms with Crippen LogP contribution < -0.4 is 14.5 Å². The quantitative estimate of drug-likeness (QED) is 0.500. The maximum Gasteiger partial charge on any atom is 0.233 e. The van der Waals surface area contributed by atoms with Crippen LogP contribution in [0.5, 0.6) is 5.75 Å². The molecule has 0 aliphatic rings. The van der Waals surface area contributed by atoms with E-state index in [1.54, 1.807) is 7.11 Å². The van der Waals surface area contributed by atoms with Crippen LogP contribution in [0.1, 0.15) is 5.56 Å². The molecule has 0 atom stereocenters. The van der Waals surface area contributed by atoms with Crippen molar-refractivity contribution in [3.63, 3.8) is 0 Å². The summed E-state index contributed by atoms with van der Waals surface area (Å²) in [6.45, 7) is 1.48. The van der Waals surface area contributed by atoms with Gasteiger partial charge in [0.05, 0.1) is 50.9 Å². The maximum absolute atomic E-state index is 13.4. The van der Waals surface area contributed by atoms with Gasteiger partial charge in [0.15, 0.2) is 5.13 Å². The van der Waals surface area contributed by atoms with E-state index in [4.69, 9.17) is 9.72 Å². The fourth-order valence-corrected chi connectivity index (χ4v) is 4.54. The molecular weight excluding hydrogens is 394 g/mol. The van der Waals surface area contributed by atoms with E-state index in [-0.39, 0.29) is 5.91 Å². The molecule has 0 aliphatic heterocycles. The Kier molecular flexibility index (Phi) is 5.97. The molecule has 1 amide bonds. The van der Waals surface area contributed by atoms with Crippen LogP contribution in [0.4, 0.5) is 5.13 Å². The lowest BCUT2D eigenvalue weighted by Crippen LogP contribution is -3.06. The molecule has 4 rings (SSSR count). The topological polar surface area (TPSA) is 46.9 Å². The summed E-state index contributed by atoms with van der Waals surface area (Å²) < 4.78 is 6.35. The van der Waals surface area contributed by atoms with Crippen molar-refractivity contribution < 1.29 is 14.4 Å². The van der Waals surface area contributed by atoms with Gasteiger partial charge in [-0.25, -0.2) is 4.98 Å². The number of methoxy groups -OCH3 is 1. The molecule has 0 fully saturated rings. The van der Waals surface area contributed by atoms with Crippen molar-refractivity contribution in [3.8, 4) is 5.75 Å². The molecule has 0 saturated heterocycles. The third-order valence-corrected chi connectivity index (χ3v) is 6.21. The summed E-state index contributed by atoms with van der Waals surface area (Å²) in [5.41, 5.74) is 1.93. The second-order valence-electron chi connectivity index (χ2n) is 7.65. The number of thiazole rings is 1. The van der Waals surface area contributed by atoms with Gasteiger partial charge in [-0.2, -0.15) is 0 Å². The van der Waals surface area contributed by atoms with E-state index in [0.29, 0.717) is 13.0 Å². The van der Waals surface area contributed by atoms with Crippen molar-refractivity contribution in [2.75, 3.05) is 39.2 Å². The van der Waals surface area contributed by atoms with E-state index in [1.807, 2.05) is 47.4 Å². The van der Waals surface area contributed by atoms with Crippen LogP contribution >= 0.6 is 11.3 Å². The summed E-state index contributed by atoms with van der Waals surface area (Å²) in [6, 6.07) is 20.2. The second kappa shape index (κ2) is 8.81. The van der Waals surface area contributed by atoms with Gasteiger partial charge < -0.3 is 9.64 Å². The largest absolute Gasteiger partial charge is 0.497 e.